The van der Waals surface area contributed by atoms with Crippen LogP contribution in [0.2, 0.25) is 5.02 Å². The lowest BCUT2D eigenvalue weighted by Crippen LogP contribution is -2.41. The van der Waals surface area contributed by atoms with Crippen LogP contribution >= 0.6 is 23.4 Å². The molecule has 0 saturated heterocycles. The van der Waals surface area contributed by atoms with Crippen LogP contribution in [-0.4, -0.2) is 26.0 Å². The van der Waals surface area contributed by atoms with Crippen LogP contribution in [0.1, 0.15) is 28.6 Å². The first-order valence-electron chi connectivity index (χ1n) is 8.91. The van der Waals surface area contributed by atoms with Crippen molar-refractivity contribution < 1.29 is 4.79 Å². The summed E-state index contributed by atoms with van der Waals surface area (Å²) in [4.78, 5) is 13.2. The highest BCUT2D eigenvalue weighted by Crippen LogP contribution is 2.37. The van der Waals surface area contributed by atoms with Crippen molar-refractivity contribution >= 4 is 35.0 Å². The van der Waals surface area contributed by atoms with Gasteiger partial charge in [-0.1, -0.05) is 59.3 Å². The molecule has 4 rings (SSSR count). The molecule has 144 valence electrons. The summed E-state index contributed by atoms with van der Waals surface area (Å²) in [5, 5.41) is 12.2. The van der Waals surface area contributed by atoms with Gasteiger partial charge in [-0.25, -0.2) is 4.68 Å². The summed E-state index contributed by atoms with van der Waals surface area (Å²) in [6.07, 6.45) is 0. The number of aromatic nitrogens is 3. The van der Waals surface area contributed by atoms with Crippen molar-refractivity contribution in [2.24, 2.45) is 0 Å². The number of thioether (sulfide) groups is 1. The van der Waals surface area contributed by atoms with Gasteiger partial charge in [-0.3, -0.25) is 4.79 Å². The van der Waals surface area contributed by atoms with Crippen molar-refractivity contribution in [3.63, 3.8) is 0 Å². The average Bonchev–Trinajstić information content (AvgIpc) is 3.04. The molecular formula is C20H20ClN5OS. The lowest BCUT2D eigenvalue weighted by molar-refractivity contribution is -0.116. The zero-order valence-corrected chi connectivity index (χ0v) is 17.3. The molecule has 1 aliphatic heterocycles. The van der Waals surface area contributed by atoms with Gasteiger partial charge in [-0.15, -0.1) is 10.2 Å². The molecule has 6 nitrogen and oxygen atoms in total. The van der Waals surface area contributed by atoms with E-state index in [4.69, 9.17) is 11.6 Å². The largest absolute Gasteiger partial charge is 0.325 e. The molecule has 0 aliphatic carbocycles. The minimum atomic E-state index is -0.419. The molecule has 28 heavy (non-hydrogen) atoms. The smallest absolute Gasteiger partial charge is 0.240 e. The van der Waals surface area contributed by atoms with Gasteiger partial charge in [0.1, 0.15) is 11.1 Å². The number of carbonyl (C=O) groups is 1. The molecule has 1 aromatic heterocycles. The van der Waals surface area contributed by atoms with Crippen molar-refractivity contribution in [1.29, 1.82) is 0 Å². The number of nitrogens with one attached hydrogen (secondary N) is 2. The van der Waals surface area contributed by atoms with Crippen molar-refractivity contribution in [1.82, 2.24) is 14.9 Å². The van der Waals surface area contributed by atoms with E-state index in [0.717, 1.165) is 17.0 Å². The molecule has 1 aliphatic rings. The first kappa shape index (κ1) is 18.8. The van der Waals surface area contributed by atoms with Crippen LogP contribution in [0.3, 0.4) is 0 Å². The maximum atomic E-state index is 13.2. The number of halogens is 1. The second kappa shape index (κ2) is 7.48. The van der Waals surface area contributed by atoms with E-state index in [0.29, 0.717) is 15.9 Å². The molecule has 0 fully saturated rings. The van der Waals surface area contributed by atoms with Gasteiger partial charge in [0.25, 0.3) is 0 Å². The Morgan fingerprint density at radius 3 is 2.64 bits per heavy atom. The predicted octanol–water partition coefficient (Wildman–Crippen LogP) is 4.25. The first-order valence-corrected chi connectivity index (χ1v) is 10.2. The maximum Gasteiger partial charge on any atom is 0.240 e. The Morgan fingerprint density at radius 1 is 1.14 bits per heavy atom. The normalized spacial score (nSPS) is 18.3. The number of benzene rings is 2. The van der Waals surface area contributed by atoms with E-state index in [2.05, 4.69) is 20.9 Å². The summed E-state index contributed by atoms with van der Waals surface area (Å²) in [6, 6.07) is 13.4. The molecule has 2 heterocycles. The molecule has 0 saturated carbocycles. The minimum absolute atomic E-state index is 0.111. The molecule has 2 N–H and O–H groups in total. The third-order valence-corrected chi connectivity index (χ3v) is 6.20. The summed E-state index contributed by atoms with van der Waals surface area (Å²) in [5.74, 6) is 0.643. The number of aryl methyl sites for hydroxylation is 3. The number of carbonyl (C=O) groups excluding carboxylic acids is 1. The van der Waals surface area contributed by atoms with Crippen LogP contribution in [0.15, 0.2) is 47.6 Å². The number of anilines is 1. The Kier molecular flexibility index (Phi) is 5.03. The quantitative estimate of drug-likeness (QED) is 0.671. The molecule has 1 amide bonds. The molecule has 3 aromatic rings. The van der Waals surface area contributed by atoms with E-state index in [1.807, 2.05) is 61.8 Å². The molecule has 8 heteroatoms. The van der Waals surface area contributed by atoms with E-state index >= 15 is 0 Å². The van der Waals surface area contributed by atoms with Crippen LogP contribution in [0.4, 0.5) is 5.69 Å². The fourth-order valence-electron chi connectivity index (χ4n) is 3.12. The summed E-state index contributed by atoms with van der Waals surface area (Å²) < 4.78 is 1.84. The van der Waals surface area contributed by atoms with Crippen molar-refractivity contribution in [3.8, 4) is 0 Å². The average molecular weight is 414 g/mol. The summed E-state index contributed by atoms with van der Waals surface area (Å²) >= 11 is 7.51. The lowest BCUT2D eigenvalue weighted by Gasteiger charge is -2.33. The van der Waals surface area contributed by atoms with Gasteiger partial charge < -0.3 is 10.7 Å². The van der Waals surface area contributed by atoms with E-state index in [-0.39, 0.29) is 11.9 Å². The van der Waals surface area contributed by atoms with Crippen molar-refractivity contribution in [2.75, 3.05) is 10.7 Å². The zero-order chi connectivity index (χ0) is 19.8. The van der Waals surface area contributed by atoms with Crippen LogP contribution in [-0.2, 0) is 4.79 Å². The highest BCUT2D eigenvalue weighted by Gasteiger charge is 2.37. The van der Waals surface area contributed by atoms with Gasteiger partial charge in [0.05, 0.1) is 6.04 Å². The van der Waals surface area contributed by atoms with Gasteiger partial charge >= 0.3 is 0 Å². The molecule has 0 radical (unpaired) electrons. The summed E-state index contributed by atoms with van der Waals surface area (Å²) in [6.45, 7) is 5.86. The van der Waals surface area contributed by atoms with Crippen LogP contribution in [0.25, 0.3) is 0 Å². The molecule has 0 spiro atoms. The Bertz CT molecular complexity index is 1030. The van der Waals surface area contributed by atoms with Crippen molar-refractivity contribution in [2.45, 2.75) is 37.2 Å². The maximum absolute atomic E-state index is 13.2. The third-order valence-electron chi connectivity index (χ3n) is 4.75. The first-order chi connectivity index (χ1) is 13.4. The van der Waals surface area contributed by atoms with E-state index in [9.17, 15) is 4.79 Å². The second-order valence-electron chi connectivity index (χ2n) is 6.87. The SMILES string of the molecule is Cc1ccc([C@@H]2Nn3c(C)nnc3S[C@H]2C(=O)Nc2cc(Cl)ccc2C)cc1. The summed E-state index contributed by atoms with van der Waals surface area (Å²) in [7, 11) is 0. The van der Waals surface area contributed by atoms with Crippen molar-refractivity contribution in [3.05, 3.63) is 70.0 Å². The zero-order valence-electron chi connectivity index (χ0n) is 15.7. The van der Waals surface area contributed by atoms with E-state index in [1.54, 1.807) is 6.07 Å². The molecule has 2 aromatic carbocycles. The fraction of sp³-hybridized carbons (Fsp3) is 0.250. The number of amides is 1. The third kappa shape index (κ3) is 3.59. The Balaban J connectivity index is 1.68. The van der Waals surface area contributed by atoms with Gasteiger partial charge in [0, 0.05) is 10.7 Å². The van der Waals surface area contributed by atoms with Gasteiger partial charge in [-0.05, 0) is 44.0 Å². The molecule has 0 bridgehead atoms. The van der Waals surface area contributed by atoms with E-state index in [1.165, 1.54) is 17.3 Å². The number of fused-ring (bicyclic) bond motifs is 1. The standard InChI is InChI=1S/C20H20ClN5OS/c1-11-4-7-14(8-5-11)17-18(28-20-24-23-13(3)26(20)25-17)19(27)22-16-10-15(21)9-6-12(16)2/h4-10,17-18,25H,1-3H3,(H,22,27)/t17-,18+/m0/s1. The minimum Gasteiger partial charge on any atom is -0.325 e. The number of hydrogen-bond donors (Lipinski definition) is 2. The van der Waals surface area contributed by atoms with Gasteiger partial charge in [0.15, 0.2) is 0 Å². The van der Waals surface area contributed by atoms with Crippen LogP contribution in [0.5, 0.6) is 0 Å². The van der Waals surface area contributed by atoms with Crippen LogP contribution < -0.4 is 10.7 Å². The topological polar surface area (TPSA) is 71.8 Å². The second-order valence-corrected chi connectivity index (χ2v) is 8.41. The highest BCUT2D eigenvalue weighted by atomic mass is 35.5. The van der Waals surface area contributed by atoms with Gasteiger partial charge in [-0.2, -0.15) is 0 Å². The van der Waals surface area contributed by atoms with Crippen LogP contribution in [0, 0.1) is 20.8 Å². The lowest BCUT2D eigenvalue weighted by atomic mass is 10.0. The Labute approximate surface area is 172 Å². The van der Waals surface area contributed by atoms with Gasteiger partial charge in [0.2, 0.25) is 11.1 Å². The van der Waals surface area contributed by atoms with E-state index < -0.39 is 5.25 Å². The number of hydrogen-bond acceptors (Lipinski definition) is 5. The summed E-state index contributed by atoms with van der Waals surface area (Å²) in [5.41, 5.74) is 7.27. The predicted molar refractivity (Wildman–Crippen MR) is 113 cm³/mol. The fourth-order valence-corrected chi connectivity index (χ4v) is 4.41. The Morgan fingerprint density at radius 2 is 1.89 bits per heavy atom. The molecule has 0 unspecified atom stereocenters. The number of rotatable bonds is 3. The molecular weight excluding hydrogens is 394 g/mol. The highest BCUT2D eigenvalue weighted by molar-refractivity contribution is 8.00. The number of nitrogens with zero attached hydrogens (tertiary/aromatic N) is 3. The Hall–Kier alpha value is -2.51. The molecule has 2 atom stereocenters. The monoisotopic (exact) mass is 413 g/mol.